The van der Waals surface area contributed by atoms with Crippen LogP contribution in [0.3, 0.4) is 0 Å². The van der Waals surface area contributed by atoms with Gasteiger partial charge < -0.3 is 15.5 Å². The first-order valence-electron chi connectivity index (χ1n) is 8.50. The van der Waals surface area contributed by atoms with Crippen molar-refractivity contribution < 1.29 is 4.79 Å². The van der Waals surface area contributed by atoms with Crippen LogP contribution in [0.25, 0.3) is 0 Å². The van der Waals surface area contributed by atoms with Crippen molar-refractivity contribution in [1.82, 2.24) is 5.32 Å². The zero-order chi connectivity index (χ0) is 17.1. The maximum Gasteiger partial charge on any atom is 0.319 e. The molecule has 2 heterocycles. The summed E-state index contributed by atoms with van der Waals surface area (Å²) in [6, 6.07) is 10.3. The van der Waals surface area contributed by atoms with Gasteiger partial charge in [0.15, 0.2) is 0 Å². The number of nitrogens with zero attached hydrogens (tertiary/aromatic N) is 1. The first-order chi connectivity index (χ1) is 11.5. The van der Waals surface area contributed by atoms with Gasteiger partial charge in [-0.1, -0.05) is 13.8 Å². The molecule has 0 fully saturated rings. The van der Waals surface area contributed by atoms with Crippen molar-refractivity contribution in [1.29, 1.82) is 0 Å². The number of benzene rings is 1. The third-order valence-electron chi connectivity index (χ3n) is 4.66. The molecule has 0 aliphatic carbocycles. The number of fused-ring (bicyclic) bond motifs is 1. The molecule has 0 saturated carbocycles. The molecule has 4 nitrogen and oxygen atoms in total. The third kappa shape index (κ3) is 3.90. The van der Waals surface area contributed by atoms with E-state index in [-0.39, 0.29) is 12.1 Å². The van der Waals surface area contributed by atoms with Crippen molar-refractivity contribution in [2.24, 2.45) is 5.92 Å². The molecule has 1 aromatic heterocycles. The lowest BCUT2D eigenvalue weighted by Crippen LogP contribution is -2.39. The Kier molecular flexibility index (Phi) is 5.09. The molecule has 1 aliphatic rings. The highest BCUT2D eigenvalue weighted by Crippen LogP contribution is 2.28. The summed E-state index contributed by atoms with van der Waals surface area (Å²) in [6.07, 6.45) is 1.11. The van der Waals surface area contributed by atoms with E-state index in [9.17, 15) is 4.79 Å². The van der Waals surface area contributed by atoms with Crippen molar-refractivity contribution in [2.45, 2.75) is 39.8 Å². The van der Waals surface area contributed by atoms with Gasteiger partial charge in [-0.2, -0.15) is 0 Å². The second kappa shape index (κ2) is 7.26. The smallest absolute Gasteiger partial charge is 0.319 e. The number of anilines is 2. The van der Waals surface area contributed by atoms with Gasteiger partial charge in [-0.15, -0.1) is 11.3 Å². The average Bonchev–Trinajstić information content (AvgIpc) is 3.02. The molecular formula is C19H25N3OS. The molecule has 2 amide bonds. The van der Waals surface area contributed by atoms with Crippen LogP contribution in [0.15, 0.2) is 35.7 Å². The van der Waals surface area contributed by atoms with E-state index in [2.05, 4.69) is 53.0 Å². The maximum atomic E-state index is 12.0. The Hall–Kier alpha value is -2.01. The van der Waals surface area contributed by atoms with Crippen molar-refractivity contribution in [3.63, 3.8) is 0 Å². The van der Waals surface area contributed by atoms with Gasteiger partial charge in [0.25, 0.3) is 0 Å². The monoisotopic (exact) mass is 343 g/mol. The fourth-order valence-corrected chi connectivity index (χ4v) is 3.65. The first kappa shape index (κ1) is 16.8. The van der Waals surface area contributed by atoms with Crippen molar-refractivity contribution >= 4 is 28.7 Å². The van der Waals surface area contributed by atoms with Gasteiger partial charge in [0.1, 0.15) is 0 Å². The molecule has 3 rings (SSSR count). The topological polar surface area (TPSA) is 44.4 Å². The molecule has 0 radical (unpaired) electrons. The molecule has 0 saturated heterocycles. The van der Waals surface area contributed by atoms with E-state index in [1.165, 1.54) is 16.1 Å². The molecule has 128 valence electrons. The van der Waals surface area contributed by atoms with E-state index in [0.29, 0.717) is 5.92 Å². The number of hydrogen-bond donors (Lipinski definition) is 2. The summed E-state index contributed by atoms with van der Waals surface area (Å²) in [7, 11) is 0. The number of urea groups is 1. The second-order valence-corrected chi connectivity index (χ2v) is 7.72. The minimum Gasteiger partial charge on any atom is -0.367 e. The van der Waals surface area contributed by atoms with Gasteiger partial charge >= 0.3 is 6.03 Å². The Labute approximate surface area is 147 Å². The number of amides is 2. The minimum atomic E-state index is -0.148. The lowest BCUT2D eigenvalue weighted by Gasteiger charge is -2.29. The molecule has 0 unspecified atom stereocenters. The van der Waals surface area contributed by atoms with E-state index in [0.717, 1.165) is 25.2 Å². The zero-order valence-electron chi connectivity index (χ0n) is 14.5. The lowest BCUT2D eigenvalue weighted by molar-refractivity contribution is 0.246. The van der Waals surface area contributed by atoms with E-state index in [1.807, 2.05) is 30.4 Å². The van der Waals surface area contributed by atoms with Crippen LogP contribution in [0.1, 0.15) is 31.2 Å². The quantitative estimate of drug-likeness (QED) is 0.860. The second-order valence-electron chi connectivity index (χ2n) is 6.72. The summed E-state index contributed by atoms with van der Waals surface area (Å²) in [5.41, 5.74) is 3.46. The molecule has 1 aliphatic heterocycles. The Morgan fingerprint density at radius 2 is 1.92 bits per heavy atom. The van der Waals surface area contributed by atoms with E-state index < -0.39 is 0 Å². The molecular weight excluding hydrogens is 318 g/mol. The fraction of sp³-hybridized carbons (Fsp3) is 0.421. The van der Waals surface area contributed by atoms with Gasteiger partial charge in [0.05, 0.1) is 0 Å². The molecule has 5 heteroatoms. The Balaban J connectivity index is 1.59. The number of carbonyl (C=O) groups is 1. The predicted octanol–water partition coefficient (Wildman–Crippen LogP) is 4.48. The SMILES string of the molecule is CC(C)[C@@H](C)NC(=O)Nc1ccc(N2CCc3sccc3C2)cc1. The maximum absolute atomic E-state index is 12.0. The highest BCUT2D eigenvalue weighted by Gasteiger charge is 2.17. The first-order valence-corrected chi connectivity index (χ1v) is 9.38. The van der Waals surface area contributed by atoms with E-state index in [4.69, 9.17) is 0 Å². The van der Waals surface area contributed by atoms with Crippen LogP contribution in [0.4, 0.5) is 16.2 Å². The molecule has 1 atom stereocenters. The van der Waals surface area contributed by atoms with Crippen LogP contribution in [0.2, 0.25) is 0 Å². The largest absolute Gasteiger partial charge is 0.367 e. The van der Waals surface area contributed by atoms with Crippen LogP contribution < -0.4 is 15.5 Å². The number of rotatable bonds is 4. The summed E-state index contributed by atoms with van der Waals surface area (Å²) >= 11 is 1.86. The summed E-state index contributed by atoms with van der Waals surface area (Å²) < 4.78 is 0. The molecule has 0 spiro atoms. The van der Waals surface area contributed by atoms with Crippen LogP contribution in [-0.4, -0.2) is 18.6 Å². The fourth-order valence-electron chi connectivity index (χ4n) is 2.77. The number of carbonyl (C=O) groups excluding carboxylic acids is 1. The van der Waals surface area contributed by atoms with E-state index >= 15 is 0 Å². The van der Waals surface area contributed by atoms with Gasteiger partial charge in [0.2, 0.25) is 0 Å². The zero-order valence-corrected chi connectivity index (χ0v) is 15.3. The van der Waals surface area contributed by atoms with Crippen molar-refractivity contribution in [3.05, 3.63) is 46.2 Å². The normalized spacial score (nSPS) is 15.1. The van der Waals surface area contributed by atoms with Crippen molar-refractivity contribution in [3.8, 4) is 0 Å². The Bertz CT molecular complexity index is 693. The number of thiophene rings is 1. The van der Waals surface area contributed by atoms with Crippen LogP contribution in [0, 0.1) is 5.92 Å². The summed E-state index contributed by atoms with van der Waals surface area (Å²) in [5.74, 6) is 0.416. The standard InChI is InChI=1S/C19H25N3OS/c1-13(2)14(3)20-19(23)21-16-4-6-17(7-5-16)22-10-8-18-15(12-22)9-11-24-18/h4-7,9,11,13-14H,8,10,12H2,1-3H3,(H2,20,21,23)/t14-/m1/s1. The van der Waals surface area contributed by atoms with Gasteiger partial charge in [-0.05, 0) is 60.5 Å². The molecule has 0 bridgehead atoms. The van der Waals surface area contributed by atoms with Crippen LogP contribution >= 0.6 is 11.3 Å². The molecule has 2 N–H and O–H groups in total. The highest BCUT2D eigenvalue weighted by atomic mass is 32.1. The third-order valence-corrected chi connectivity index (χ3v) is 5.68. The minimum absolute atomic E-state index is 0.148. The lowest BCUT2D eigenvalue weighted by atomic mass is 10.1. The van der Waals surface area contributed by atoms with Crippen molar-refractivity contribution in [2.75, 3.05) is 16.8 Å². The summed E-state index contributed by atoms with van der Waals surface area (Å²) in [4.78, 5) is 15.9. The number of nitrogens with one attached hydrogen (secondary N) is 2. The van der Waals surface area contributed by atoms with Gasteiger partial charge in [0, 0.05) is 35.4 Å². The molecule has 1 aromatic carbocycles. The van der Waals surface area contributed by atoms with Crippen LogP contribution in [-0.2, 0) is 13.0 Å². The van der Waals surface area contributed by atoms with Crippen LogP contribution in [0.5, 0.6) is 0 Å². The number of hydrogen-bond acceptors (Lipinski definition) is 3. The highest BCUT2D eigenvalue weighted by molar-refractivity contribution is 7.10. The Morgan fingerprint density at radius 3 is 2.62 bits per heavy atom. The summed E-state index contributed by atoms with van der Waals surface area (Å²) in [5, 5.41) is 8.04. The molecule has 2 aromatic rings. The molecule has 24 heavy (non-hydrogen) atoms. The van der Waals surface area contributed by atoms with Gasteiger partial charge in [-0.25, -0.2) is 4.79 Å². The summed E-state index contributed by atoms with van der Waals surface area (Å²) in [6.45, 7) is 8.22. The predicted molar refractivity (Wildman–Crippen MR) is 102 cm³/mol. The average molecular weight is 343 g/mol. The van der Waals surface area contributed by atoms with E-state index in [1.54, 1.807) is 0 Å². The van der Waals surface area contributed by atoms with Gasteiger partial charge in [-0.3, -0.25) is 0 Å². The Morgan fingerprint density at radius 1 is 1.17 bits per heavy atom.